The standard InChI is InChI=1S/C17H14ClF6NO2/c18-10-3-1-9(2-4-10)14(25)15(26)12-6-5-11(7-13(12)19)27-8-16(20,21)17(22,23)24/h1-7,14-15,26H,8,25H2/t14-,15+/m0/s1. The Morgan fingerprint density at radius 1 is 1.04 bits per heavy atom. The van der Waals surface area contributed by atoms with E-state index >= 15 is 0 Å². The van der Waals surface area contributed by atoms with Gasteiger partial charge in [-0.15, -0.1) is 0 Å². The number of ether oxygens (including phenoxy) is 1. The van der Waals surface area contributed by atoms with Crippen molar-refractivity contribution in [3.63, 3.8) is 0 Å². The van der Waals surface area contributed by atoms with Crippen LogP contribution in [0, 0.1) is 5.82 Å². The van der Waals surface area contributed by atoms with Gasteiger partial charge in [0.15, 0.2) is 6.61 Å². The van der Waals surface area contributed by atoms with E-state index in [2.05, 4.69) is 4.74 Å². The Labute approximate surface area is 155 Å². The van der Waals surface area contributed by atoms with E-state index in [1.165, 1.54) is 24.3 Å². The summed E-state index contributed by atoms with van der Waals surface area (Å²) < 4.78 is 80.5. The Bertz CT molecular complexity index is 782. The molecule has 0 spiro atoms. The summed E-state index contributed by atoms with van der Waals surface area (Å²) in [6, 6.07) is 7.64. The van der Waals surface area contributed by atoms with Crippen molar-refractivity contribution in [3.8, 4) is 5.75 Å². The lowest BCUT2D eigenvalue weighted by Gasteiger charge is -2.22. The summed E-state index contributed by atoms with van der Waals surface area (Å²) in [5.41, 5.74) is 6.06. The summed E-state index contributed by atoms with van der Waals surface area (Å²) >= 11 is 5.74. The summed E-state index contributed by atoms with van der Waals surface area (Å²) in [4.78, 5) is 0. The minimum absolute atomic E-state index is 0.271. The number of benzene rings is 2. The average Bonchev–Trinajstić information content (AvgIpc) is 2.58. The van der Waals surface area contributed by atoms with Gasteiger partial charge in [-0.05, 0) is 29.8 Å². The molecule has 0 heterocycles. The Morgan fingerprint density at radius 2 is 1.63 bits per heavy atom. The second kappa shape index (κ2) is 7.95. The zero-order valence-electron chi connectivity index (χ0n) is 13.5. The molecule has 2 aromatic rings. The summed E-state index contributed by atoms with van der Waals surface area (Å²) in [5.74, 6) is -6.70. The van der Waals surface area contributed by atoms with Crippen molar-refractivity contribution in [2.75, 3.05) is 6.61 Å². The minimum Gasteiger partial charge on any atom is -0.487 e. The predicted molar refractivity (Wildman–Crippen MR) is 86.2 cm³/mol. The van der Waals surface area contributed by atoms with Crippen LogP contribution >= 0.6 is 11.6 Å². The lowest BCUT2D eigenvalue weighted by molar-refractivity contribution is -0.290. The van der Waals surface area contributed by atoms with Gasteiger partial charge in [-0.2, -0.15) is 22.0 Å². The van der Waals surface area contributed by atoms with Crippen LogP contribution in [0.15, 0.2) is 42.5 Å². The molecule has 0 saturated carbocycles. The fourth-order valence-electron chi connectivity index (χ4n) is 2.15. The Kier molecular flexibility index (Phi) is 6.28. The third-order valence-corrected chi connectivity index (χ3v) is 3.97. The largest absolute Gasteiger partial charge is 0.487 e. The van der Waals surface area contributed by atoms with Crippen LogP contribution in [0.2, 0.25) is 5.02 Å². The summed E-state index contributed by atoms with van der Waals surface area (Å²) in [7, 11) is 0. The van der Waals surface area contributed by atoms with Gasteiger partial charge >= 0.3 is 12.1 Å². The van der Waals surface area contributed by atoms with Crippen LogP contribution < -0.4 is 10.5 Å². The van der Waals surface area contributed by atoms with Crippen LogP contribution in [0.25, 0.3) is 0 Å². The molecule has 0 aliphatic carbocycles. The number of hydrogen-bond acceptors (Lipinski definition) is 3. The Morgan fingerprint density at radius 3 is 2.15 bits per heavy atom. The fraction of sp³-hybridized carbons (Fsp3) is 0.294. The van der Waals surface area contributed by atoms with Crippen LogP contribution in [0.4, 0.5) is 26.3 Å². The maximum absolute atomic E-state index is 14.2. The van der Waals surface area contributed by atoms with Crippen molar-refractivity contribution < 1.29 is 36.2 Å². The molecule has 0 unspecified atom stereocenters. The van der Waals surface area contributed by atoms with E-state index in [0.29, 0.717) is 16.7 Å². The highest BCUT2D eigenvalue weighted by Gasteiger charge is 2.58. The molecule has 3 N–H and O–H groups in total. The van der Waals surface area contributed by atoms with Gasteiger partial charge in [-0.25, -0.2) is 4.39 Å². The lowest BCUT2D eigenvalue weighted by atomic mass is 9.96. The number of nitrogens with two attached hydrogens (primary N) is 1. The number of hydrogen-bond donors (Lipinski definition) is 2. The van der Waals surface area contributed by atoms with E-state index in [0.717, 1.165) is 12.1 Å². The van der Waals surface area contributed by atoms with Gasteiger partial charge in [0.1, 0.15) is 17.7 Å². The SMILES string of the molecule is N[C@@H](c1ccc(Cl)cc1)[C@H](O)c1ccc(OCC(F)(F)C(F)(F)F)cc1F. The maximum Gasteiger partial charge on any atom is 0.456 e. The number of halogens is 7. The first kappa shape index (κ1) is 21.3. The van der Waals surface area contributed by atoms with Crippen LogP contribution in [0.5, 0.6) is 5.75 Å². The van der Waals surface area contributed by atoms with E-state index in [1.54, 1.807) is 0 Å². The smallest absolute Gasteiger partial charge is 0.456 e. The first-order chi connectivity index (χ1) is 12.4. The molecule has 0 saturated heterocycles. The first-order valence-corrected chi connectivity index (χ1v) is 7.86. The van der Waals surface area contributed by atoms with Crippen LogP contribution in [0.3, 0.4) is 0 Å². The van der Waals surface area contributed by atoms with Gasteiger partial charge in [0.25, 0.3) is 0 Å². The molecule has 2 aromatic carbocycles. The van der Waals surface area contributed by atoms with E-state index in [1.807, 2.05) is 0 Å². The molecule has 0 fully saturated rings. The molecule has 0 bridgehead atoms. The molecule has 0 aromatic heterocycles. The highest BCUT2D eigenvalue weighted by molar-refractivity contribution is 6.30. The molecular weight excluding hydrogens is 400 g/mol. The average molecular weight is 414 g/mol. The lowest BCUT2D eigenvalue weighted by Crippen LogP contribution is -2.41. The second-order valence-corrected chi connectivity index (χ2v) is 6.13. The van der Waals surface area contributed by atoms with Crippen LogP contribution in [-0.2, 0) is 0 Å². The highest BCUT2D eigenvalue weighted by atomic mass is 35.5. The quantitative estimate of drug-likeness (QED) is 0.670. The van der Waals surface area contributed by atoms with Gasteiger partial charge in [-0.3, -0.25) is 0 Å². The molecule has 2 rings (SSSR count). The van der Waals surface area contributed by atoms with E-state index in [9.17, 15) is 31.4 Å². The first-order valence-electron chi connectivity index (χ1n) is 7.48. The molecule has 148 valence electrons. The van der Waals surface area contributed by atoms with Crippen molar-refractivity contribution in [2.24, 2.45) is 5.73 Å². The minimum atomic E-state index is -5.78. The fourth-order valence-corrected chi connectivity index (χ4v) is 2.28. The van der Waals surface area contributed by atoms with E-state index < -0.39 is 42.4 Å². The Hall–Kier alpha value is -1.97. The third kappa shape index (κ3) is 5.06. The zero-order chi connectivity index (χ0) is 20.4. The van der Waals surface area contributed by atoms with Crippen molar-refractivity contribution in [3.05, 3.63) is 64.4 Å². The zero-order valence-corrected chi connectivity index (χ0v) is 14.2. The Balaban J connectivity index is 2.12. The number of aliphatic hydroxyl groups is 1. The van der Waals surface area contributed by atoms with Gasteiger partial charge in [0.05, 0.1) is 6.04 Å². The molecule has 0 amide bonds. The molecular formula is C17H14ClF6NO2. The predicted octanol–water partition coefficient (Wildman–Crippen LogP) is 4.79. The molecule has 0 aliphatic rings. The van der Waals surface area contributed by atoms with Gasteiger partial charge in [-0.1, -0.05) is 23.7 Å². The molecule has 27 heavy (non-hydrogen) atoms. The topological polar surface area (TPSA) is 55.5 Å². The van der Waals surface area contributed by atoms with Crippen LogP contribution in [0.1, 0.15) is 23.3 Å². The monoisotopic (exact) mass is 413 g/mol. The molecule has 10 heteroatoms. The highest BCUT2D eigenvalue weighted by Crippen LogP contribution is 2.36. The van der Waals surface area contributed by atoms with Crippen molar-refractivity contribution >= 4 is 11.6 Å². The van der Waals surface area contributed by atoms with Crippen LogP contribution in [-0.4, -0.2) is 23.8 Å². The molecule has 0 aliphatic heterocycles. The van der Waals surface area contributed by atoms with E-state index in [-0.39, 0.29) is 5.56 Å². The molecule has 2 atom stereocenters. The summed E-state index contributed by atoms with van der Waals surface area (Å²) in [6.45, 7) is -2.00. The summed E-state index contributed by atoms with van der Waals surface area (Å²) in [5, 5.41) is 10.7. The van der Waals surface area contributed by atoms with Crippen molar-refractivity contribution in [2.45, 2.75) is 24.2 Å². The van der Waals surface area contributed by atoms with Gasteiger partial charge < -0.3 is 15.6 Å². The van der Waals surface area contributed by atoms with E-state index in [4.69, 9.17) is 17.3 Å². The normalized spacial score (nSPS) is 14.7. The van der Waals surface area contributed by atoms with Crippen molar-refractivity contribution in [1.29, 1.82) is 0 Å². The maximum atomic E-state index is 14.2. The number of rotatable bonds is 6. The van der Waals surface area contributed by atoms with Gasteiger partial charge in [0, 0.05) is 16.7 Å². The molecule has 0 radical (unpaired) electrons. The number of aliphatic hydroxyl groups excluding tert-OH is 1. The van der Waals surface area contributed by atoms with Gasteiger partial charge in [0.2, 0.25) is 0 Å². The second-order valence-electron chi connectivity index (χ2n) is 5.70. The van der Waals surface area contributed by atoms with Crippen molar-refractivity contribution in [1.82, 2.24) is 0 Å². The third-order valence-electron chi connectivity index (χ3n) is 3.72. The number of alkyl halides is 5. The summed E-state index contributed by atoms with van der Waals surface area (Å²) in [6.07, 6.45) is -7.29. The molecule has 3 nitrogen and oxygen atoms in total.